The second-order valence-electron chi connectivity index (χ2n) is 4.08. The standard InChI is InChI=1S/C14H22O4/c1-6-9-18-13(15)11(8-3)12(10(4)7-2)14(16)17-5/h6-7,10-12H,1-2,8-9H2,3-5H3. The smallest absolute Gasteiger partial charge is 0.310 e. The predicted octanol–water partition coefficient (Wildman–Crippen LogP) is 2.35. The largest absolute Gasteiger partial charge is 0.469 e. The van der Waals surface area contributed by atoms with E-state index in [2.05, 4.69) is 13.2 Å². The fourth-order valence-electron chi connectivity index (χ4n) is 1.84. The lowest BCUT2D eigenvalue weighted by Gasteiger charge is -2.25. The van der Waals surface area contributed by atoms with Gasteiger partial charge in [-0.05, 0) is 12.3 Å². The van der Waals surface area contributed by atoms with Gasteiger partial charge in [0.1, 0.15) is 6.61 Å². The molecule has 3 atom stereocenters. The van der Waals surface area contributed by atoms with Crippen LogP contribution in [0.4, 0.5) is 0 Å². The highest BCUT2D eigenvalue weighted by Gasteiger charge is 2.37. The van der Waals surface area contributed by atoms with Crippen LogP contribution in [0.5, 0.6) is 0 Å². The Balaban J connectivity index is 5.01. The second kappa shape index (κ2) is 8.50. The van der Waals surface area contributed by atoms with Gasteiger partial charge in [0.25, 0.3) is 0 Å². The van der Waals surface area contributed by atoms with Crippen LogP contribution in [-0.4, -0.2) is 25.7 Å². The van der Waals surface area contributed by atoms with Gasteiger partial charge in [-0.15, -0.1) is 6.58 Å². The van der Waals surface area contributed by atoms with E-state index < -0.39 is 23.8 Å². The first-order chi connectivity index (χ1) is 8.53. The number of carbonyl (C=O) groups excluding carboxylic acids is 2. The Morgan fingerprint density at radius 3 is 2.28 bits per heavy atom. The van der Waals surface area contributed by atoms with Crippen LogP contribution in [0.2, 0.25) is 0 Å². The fraction of sp³-hybridized carbons (Fsp3) is 0.571. The third-order valence-electron chi connectivity index (χ3n) is 2.93. The molecule has 4 heteroatoms. The molecule has 0 aromatic carbocycles. The van der Waals surface area contributed by atoms with E-state index in [9.17, 15) is 9.59 Å². The van der Waals surface area contributed by atoms with Crippen LogP contribution >= 0.6 is 0 Å². The minimum atomic E-state index is -0.560. The minimum Gasteiger partial charge on any atom is -0.469 e. The van der Waals surface area contributed by atoms with Gasteiger partial charge in [0.2, 0.25) is 0 Å². The van der Waals surface area contributed by atoms with E-state index in [1.807, 2.05) is 13.8 Å². The molecule has 3 unspecified atom stereocenters. The molecule has 0 heterocycles. The van der Waals surface area contributed by atoms with Gasteiger partial charge in [-0.2, -0.15) is 0 Å². The van der Waals surface area contributed by atoms with Crippen molar-refractivity contribution in [2.45, 2.75) is 20.3 Å². The van der Waals surface area contributed by atoms with Crippen molar-refractivity contribution in [2.75, 3.05) is 13.7 Å². The number of methoxy groups -OCH3 is 1. The van der Waals surface area contributed by atoms with Gasteiger partial charge in [-0.1, -0.05) is 32.6 Å². The molecule has 18 heavy (non-hydrogen) atoms. The summed E-state index contributed by atoms with van der Waals surface area (Å²) in [6.45, 7) is 11.0. The Labute approximate surface area is 109 Å². The monoisotopic (exact) mass is 254 g/mol. The summed E-state index contributed by atoms with van der Waals surface area (Å²) in [5.74, 6) is -2.05. The summed E-state index contributed by atoms with van der Waals surface area (Å²) >= 11 is 0. The lowest BCUT2D eigenvalue weighted by atomic mass is 9.81. The lowest BCUT2D eigenvalue weighted by Crippen LogP contribution is -2.35. The molecule has 0 N–H and O–H groups in total. The lowest BCUT2D eigenvalue weighted by molar-refractivity contribution is -0.160. The van der Waals surface area contributed by atoms with Crippen molar-refractivity contribution in [3.8, 4) is 0 Å². The molecule has 102 valence electrons. The molecule has 0 aliphatic rings. The zero-order chi connectivity index (χ0) is 14.1. The Kier molecular flexibility index (Phi) is 7.76. The summed E-state index contributed by atoms with van der Waals surface area (Å²) in [7, 11) is 1.31. The van der Waals surface area contributed by atoms with Gasteiger partial charge in [0.15, 0.2) is 0 Å². The molecule has 0 rings (SSSR count). The zero-order valence-electron chi connectivity index (χ0n) is 11.3. The van der Waals surface area contributed by atoms with Crippen LogP contribution in [0, 0.1) is 17.8 Å². The number of hydrogen-bond acceptors (Lipinski definition) is 4. The van der Waals surface area contributed by atoms with Crippen LogP contribution in [-0.2, 0) is 19.1 Å². The molecule has 0 fully saturated rings. The van der Waals surface area contributed by atoms with Gasteiger partial charge < -0.3 is 9.47 Å². The molecule has 4 nitrogen and oxygen atoms in total. The third kappa shape index (κ3) is 4.35. The van der Waals surface area contributed by atoms with Crippen molar-refractivity contribution in [1.29, 1.82) is 0 Å². The normalized spacial score (nSPS) is 15.1. The van der Waals surface area contributed by atoms with Crippen LogP contribution in [0.1, 0.15) is 20.3 Å². The molecular weight excluding hydrogens is 232 g/mol. The first kappa shape index (κ1) is 16.4. The Bertz CT molecular complexity index is 309. The molecule has 0 amide bonds. The average molecular weight is 254 g/mol. The van der Waals surface area contributed by atoms with E-state index in [1.54, 1.807) is 6.08 Å². The summed E-state index contributed by atoms with van der Waals surface area (Å²) in [5.41, 5.74) is 0. The third-order valence-corrected chi connectivity index (χ3v) is 2.93. The van der Waals surface area contributed by atoms with Crippen molar-refractivity contribution in [3.63, 3.8) is 0 Å². The van der Waals surface area contributed by atoms with Gasteiger partial charge >= 0.3 is 11.9 Å². The molecule has 0 saturated heterocycles. The van der Waals surface area contributed by atoms with Crippen molar-refractivity contribution < 1.29 is 19.1 Å². The molecule has 0 bridgehead atoms. The molecule has 0 aliphatic heterocycles. The van der Waals surface area contributed by atoms with Gasteiger partial charge in [-0.25, -0.2) is 0 Å². The van der Waals surface area contributed by atoms with Gasteiger partial charge in [0.05, 0.1) is 18.9 Å². The predicted molar refractivity (Wildman–Crippen MR) is 69.8 cm³/mol. The summed E-state index contributed by atoms with van der Waals surface area (Å²) < 4.78 is 9.77. The fourth-order valence-corrected chi connectivity index (χ4v) is 1.84. The highest BCUT2D eigenvalue weighted by molar-refractivity contribution is 5.82. The summed E-state index contributed by atoms with van der Waals surface area (Å²) in [6, 6.07) is 0. The number of hydrogen-bond donors (Lipinski definition) is 0. The average Bonchev–Trinajstić information content (AvgIpc) is 2.40. The van der Waals surface area contributed by atoms with Crippen LogP contribution in [0.3, 0.4) is 0 Å². The van der Waals surface area contributed by atoms with Crippen molar-refractivity contribution in [2.24, 2.45) is 17.8 Å². The molecule has 0 spiro atoms. The highest BCUT2D eigenvalue weighted by atomic mass is 16.5. The Morgan fingerprint density at radius 2 is 1.89 bits per heavy atom. The van der Waals surface area contributed by atoms with Crippen molar-refractivity contribution in [3.05, 3.63) is 25.3 Å². The van der Waals surface area contributed by atoms with E-state index in [1.165, 1.54) is 13.2 Å². The molecule has 0 aliphatic carbocycles. The van der Waals surface area contributed by atoms with E-state index in [0.29, 0.717) is 6.42 Å². The van der Waals surface area contributed by atoms with E-state index in [4.69, 9.17) is 9.47 Å². The number of rotatable bonds is 8. The van der Waals surface area contributed by atoms with Gasteiger partial charge in [0, 0.05) is 0 Å². The molecule has 0 radical (unpaired) electrons. The summed E-state index contributed by atoms with van der Waals surface area (Å²) in [4.78, 5) is 23.7. The number of carbonyl (C=O) groups is 2. The maximum absolute atomic E-state index is 11.9. The van der Waals surface area contributed by atoms with Gasteiger partial charge in [-0.3, -0.25) is 9.59 Å². The number of ether oxygens (including phenoxy) is 2. The maximum atomic E-state index is 11.9. The van der Waals surface area contributed by atoms with E-state index in [-0.39, 0.29) is 12.5 Å². The van der Waals surface area contributed by atoms with Crippen molar-refractivity contribution >= 4 is 11.9 Å². The first-order valence-electron chi connectivity index (χ1n) is 6.01. The topological polar surface area (TPSA) is 52.6 Å². The van der Waals surface area contributed by atoms with Crippen LogP contribution < -0.4 is 0 Å². The highest BCUT2D eigenvalue weighted by Crippen LogP contribution is 2.27. The summed E-state index contributed by atoms with van der Waals surface area (Å²) in [6.07, 6.45) is 3.65. The quantitative estimate of drug-likeness (QED) is 0.493. The van der Waals surface area contributed by atoms with Crippen LogP contribution in [0.25, 0.3) is 0 Å². The Hall–Kier alpha value is -1.58. The summed E-state index contributed by atoms with van der Waals surface area (Å²) in [5, 5.41) is 0. The van der Waals surface area contributed by atoms with E-state index in [0.717, 1.165) is 0 Å². The molecule has 0 aromatic rings. The first-order valence-corrected chi connectivity index (χ1v) is 6.01. The SMILES string of the molecule is C=CCOC(=O)C(CC)C(C(=O)OC)C(C)C=C. The number of esters is 2. The second-order valence-corrected chi connectivity index (χ2v) is 4.08. The van der Waals surface area contributed by atoms with Crippen molar-refractivity contribution in [1.82, 2.24) is 0 Å². The number of allylic oxidation sites excluding steroid dienone is 1. The van der Waals surface area contributed by atoms with E-state index >= 15 is 0 Å². The maximum Gasteiger partial charge on any atom is 0.310 e. The van der Waals surface area contributed by atoms with Crippen LogP contribution in [0.15, 0.2) is 25.3 Å². The molecule has 0 aromatic heterocycles. The molecular formula is C14H22O4. The Morgan fingerprint density at radius 1 is 1.28 bits per heavy atom. The zero-order valence-corrected chi connectivity index (χ0v) is 11.3. The minimum absolute atomic E-state index is 0.145. The molecule has 0 saturated carbocycles.